The van der Waals surface area contributed by atoms with Crippen molar-refractivity contribution < 1.29 is 14.3 Å². The number of rotatable bonds is 7. The largest absolute Gasteiger partial charge is 0.490 e. The lowest BCUT2D eigenvalue weighted by molar-refractivity contribution is -0.146. The Kier molecular flexibility index (Phi) is 5.47. The van der Waals surface area contributed by atoms with E-state index in [-0.39, 0.29) is 6.10 Å². The van der Waals surface area contributed by atoms with E-state index in [0.29, 0.717) is 18.7 Å². The molecule has 0 amide bonds. The molecule has 0 aromatic heterocycles. The van der Waals surface area contributed by atoms with Gasteiger partial charge in [0.1, 0.15) is 12.4 Å². The van der Waals surface area contributed by atoms with Crippen LogP contribution in [0, 0.1) is 0 Å². The lowest BCUT2D eigenvalue weighted by atomic mass is 10.3. The van der Waals surface area contributed by atoms with Gasteiger partial charge in [-0.25, -0.2) is 4.79 Å². The average molecular weight is 302 g/mol. The fraction of sp³-hybridized carbons (Fsp3) is 0.353. The third kappa shape index (κ3) is 4.84. The first kappa shape index (κ1) is 15.9. The summed E-state index contributed by atoms with van der Waals surface area (Å²) in [4.78, 5) is 15.9. The summed E-state index contributed by atoms with van der Waals surface area (Å²) < 4.78 is 11.2. The first-order valence-electron chi connectivity index (χ1n) is 7.21. The molecule has 0 N–H and O–H groups in total. The van der Waals surface area contributed by atoms with Crippen LogP contribution in [-0.4, -0.2) is 48.7 Å². The quantitative estimate of drug-likeness (QED) is 0.571. The summed E-state index contributed by atoms with van der Waals surface area (Å²) in [5.74, 6) is 0.367. The van der Waals surface area contributed by atoms with E-state index >= 15 is 0 Å². The van der Waals surface area contributed by atoms with Crippen molar-refractivity contribution >= 4 is 5.97 Å². The van der Waals surface area contributed by atoms with Crippen LogP contribution in [0.4, 0.5) is 0 Å². The standard InChI is InChI=1S/C17H22N2O3/c1-14(2)17(20)22-16(11-19-10-9-18(3)13-19)12-21-15-7-5-4-6-8-15/h4-10,16H,1,11-13H2,2-3H3. The Morgan fingerprint density at radius 1 is 1.32 bits per heavy atom. The van der Waals surface area contributed by atoms with Crippen molar-refractivity contribution in [2.75, 3.05) is 26.9 Å². The minimum atomic E-state index is -0.391. The summed E-state index contributed by atoms with van der Waals surface area (Å²) >= 11 is 0. The van der Waals surface area contributed by atoms with Gasteiger partial charge in [0.25, 0.3) is 0 Å². The van der Waals surface area contributed by atoms with Gasteiger partial charge >= 0.3 is 5.97 Å². The highest BCUT2D eigenvalue weighted by Crippen LogP contribution is 2.12. The van der Waals surface area contributed by atoms with Gasteiger partial charge in [0.2, 0.25) is 0 Å². The van der Waals surface area contributed by atoms with Gasteiger partial charge in [0.15, 0.2) is 6.10 Å². The van der Waals surface area contributed by atoms with Crippen LogP contribution in [0.5, 0.6) is 5.75 Å². The highest BCUT2D eigenvalue weighted by Gasteiger charge is 2.20. The van der Waals surface area contributed by atoms with Crippen molar-refractivity contribution in [3.8, 4) is 5.75 Å². The molecule has 5 nitrogen and oxygen atoms in total. The lowest BCUT2D eigenvalue weighted by Gasteiger charge is -2.25. The van der Waals surface area contributed by atoms with E-state index in [2.05, 4.69) is 16.4 Å². The number of hydrogen-bond donors (Lipinski definition) is 0. The molecule has 1 aromatic rings. The van der Waals surface area contributed by atoms with E-state index in [0.717, 1.165) is 12.4 Å². The normalized spacial score (nSPS) is 14.8. The Morgan fingerprint density at radius 2 is 2.05 bits per heavy atom. The van der Waals surface area contributed by atoms with Crippen molar-refractivity contribution in [2.24, 2.45) is 0 Å². The molecule has 0 fully saturated rings. The van der Waals surface area contributed by atoms with Gasteiger partial charge in [-0.2, -0.15) is 0 Å². The number of benzene rings is 1. The molecule has 1 aliphatic heterocycles. The number of esters is 1. The number of hydrogen-bond acceptors (Lipinski definition) is 5. The maximum atomic E-state index is 11.8. The number of nitrogens with zero attached hydrogens (tertiary/aromatic N) is 2. The zero-order valence-corrected chi connectivity index (χ0v) is 13.1. The Balaban J connectivity index is 1.93. The zero-order valence-electron chi connectivity index (χ0n) is 13.1. The molecular formula is C17H22N2O3. The molecule has 1 unspecified atom stereocenters. The van der Waals surface area contributed by atoms with Crippen LogP contribution in [0.3, 0.4) is 0 Å². The van der Waals surface area contributed by atoms with Crippen molar-refractivity contribution in [3.63, 3.8) is 0 Å². The highest BCUT2D eigenvalue weighted by molar-refractivity contribution is 5.87. The fourth-order valence-corrected chi connectivity index (χ4v) is 2.05. The summed E-state index contributed by atoms with van der Waals surface area (Å²) in [5.41, 5.74) is 0.388. The zero-order chi connectivity index (χ0) is 15.9. The van der Waals surface area contributed by atoms with Gasteiger partial charge in [-0.05, 0) is 19.1 Å². The topological polar surface area (TPSA) is 42.0 Å². The molecule has 22 heavy (non-hydrogen) atoms. The van der Waals surface area contributed by atoms with Crippen LogP contribution in [0.15, 0.2) is 54.9 Å². The third-order valence-electron chi connectivity index (χ3n) is 3.18. The Bertz CT molecular complexity index is 542. The second kappa shape index (κ2) is 7.54. The van der Waals surface area contributed by atoms with Crippen molar-refractivity contribution in [1.82, 2.24) is 9.80 Å². The molecule has 2 rings (SSSR count). The predicted octanol–water partition coefficient (Wildman–Crippen LogP) is 2.23. The number of carbonyl (C=O) groups is 1. The maximum Gasteiger partial charge on any atom is 0.333 e. The van der Waals surface area contributed by atoms with Crippen molar-refractivity contribution in [3.05, 3.63) is 54.9 Å². The summed E-state index contributed by atoms with van der Waals surface area (Å²) in [5, 5.41) is 0. The second-order valence-corrected chi connectivity index (χ2v) is 5.40. The van der Waals surface area contributed by atoms with Crippen LogP contribution in [0.25, 0.3) is 0 Å². The molecule has 118 valence electrons. The molecule has 5 heteroatoms. The smallest absolute Gasteiger partial charge is 0.333 e. The molecular weight excluding hydrogens is 280 g/mol. The molecule has 0 aliphatic carbocycles. The van der Waals surface area contributed by atoms with E-state index in [9.17, 15) is 4.79 Å². The van der Waals surface area contributed by atoms with E-state index in [1.807, 2.05) is 49.8 Å². The minimum Gasteiger partial charge on any atom is -0.490 e. The first-order chi connectivity index (χ1) is 10.5. The van der Waals surface area contributed by atoms with Gasteiger partial charge < -0.3 is 19.3 Å². The Labute approximate surface area is 131 Å². The maximum absolute atomic E-state index is 11.8. The molecule has 0 spiro atoms. The van der Waals surface area contributed by atoms with E-state index < -0.39 is 5.97 Å². The predicted molar refractivity (Wildman–Crippen MR) is 85.1 cm³/mol. The van der Waals surface area contributed by atoms with Crippen LogP contribution >= 0.6 is 0 Å². The first-order valence-corrected chi connectivity index (χ1v) is 7.21. The van der Waals surface area contributed by atoms with Gasteiger partial charge in [-0.15, -0.1) is 0 Å². The molecule has 1 aliphatic rings. The molecule has 1 heterocycles. The van der Waals surface area contributed by atoms with E-state index in [1.165, 1.54) is 0 Å². The summed E-state index contributed by atoms with van der Waals surface area (Å²) in [6.07, 6.45) is 3.60. The molecule has 0 saturated heterocycles. The van der Waals surface area contributed by atoms with E-state index in [1.54, 1.807) is 6.92 Å². The fourth-order valence-electron chi connectivity index (χ4n) is 2.05. The monoisotopic (exact) mass is 302 g/mol. The molecule has 0 bridgehead atoms. The summed E-state index contributed by atoms with van der Waals surface area (Å²) in [6, 6.07) is 9.49. The molecule has 1 atom stereocenters. The van der Waals surface area contributed by atoms with Crippen molar-refractivity contribution in [1.29, 1.82) is 0 Å². The van der Waals surface area contributed by atoms with Gasteiger partial charge in [0.05, 0.1) is 13.2 Å². The molecule has 0 saturated carbocycles. The van der Waals surface area contributed by atoms with E-state index in [4.69, 9.17) is 9.47 Å². The van der Waals surface area contributed by atoms with Crippen LogP contribution in [0.1, 0.15) is 6.92 Å². The molecule has 1 aromatic carbocycles. The average Bonchev–Trinajstić information content (AvgIpc) is 2.91. The van der Waals surface area contributed by atoms with Gasteiger partial charge in [-0.1, -0.05) is 24.8 Å². The number of ether oxygens (including phenoxy) is 2. The van der Waals surface area contributed by atoms with Crippen LogP contribution in [-0.2, 0) is 9.53 Å². The summed E-state index contributed by atoms with van der Waals surface area (Å²) in [6.45, 7) is 6.91. The Hall–Kier alpha value is -2.43. The number of para-hydroxylation sites is 1. The van der Waals surface area contributed by atoms with Gasteiger partial charge in [0, 0.05) is 25.0 Å². The SMILES string of the molecule is C=C(C)C(=O)OC(COc1ccccc1)CN1C=CN(C)C1. The third-order valence-corrected chi connectivity index (χ3v) is 3.18. The van der Waals surface area contributed by atoms with Crippen LogP contribution < -0.4 is 4.74 Å². The van der Waals surface area contributed by atoms with Crippen molar-refractivity contribution in [2.45, 2.75) is 13.0 Å². The summed E-state index contributed by atoms with van der Waals surface area (Å²) in [7, 11) is 1.99. The minimum absolute atomic E-state index is 0.303. The molecule has 0 radical (unpaired) electrons. The second-order valence-electron chi connectivity index (χ2n) is 5.40. The highest BCUT2D eigenvalue weighted by atomic mass is 16.6. The van der Waals surface area contributed by atoms with Crippen LogP contribution in [0.2, 0.25) is 0 Å². The Morgan fingerprint density at radius 3 is 2.64 bits per heavy atom. The van der Waals surface area contributed by atoms with Gasteiger partial charge in [-0.3, -0.25) is 0 Å². The number of carbonyl (C=O) groups excluding carboxylic acids is 1. The lowest BCUT2D eigenvalue weighted by Crippen LogP contribution is -2.37.